The number of aliphatic carboxylic acids is 1. The van der Waals surface area contributed by atoms with Gasteiger partial charge in [-0.25, -0.2) is 4.79 Å². The summed E-state index contributed by atoms with van der Waals surface area (Å²) in [5.74, 6) is 0.157. The highest BCUT2D eigenvalue weighted by molar-refractivity contribution is 7.99. The minimum Gasteiger partial charge on any atom is -0.480 e. The summed E-state index contributed by atoms with van der Waals surface area (Å²) >= 11 is 1.57. The van der Waals surface area contributed by atoms with Gasteiger partial charge < -0.3 is 15.3 Å². The van der Waals surface area contributed by atoms with Gasteiger partial charge in [0.1, 0.15) is 6.04 Å². The first kappa shape index (κ1) is 13.7. The lowest BCUT2D eigenvalue weighted by atomic mass is 10.2. The summed E-state index contributed by atoms with van der Waals surface area (Å²) in [6, 6.07) is 8.69. The van der Waals surface area contributed by atoms with Gasteiger partial charge in [0.25, 0.3) is 0 Å². The van der Waals surface area contributed by atoms with E-state index in [0.717, 1.165) is 11.4 Å². The first-order valence-corrected chi connectivity index (χ1v) is 7.23. The van der Waals surface area contributed by atoms with Crippen LogP contribution in [0.5, 0.6) is 0 Å². The predicted molar refractivity (Wildman–Crippen MR) is 75.4 cm³/mol. The molecule has 1 saturated heterocycles. The highest BCUT2D eigenvalue weighted by Gasteiger charge is 2.31. The number of rotatable bonds is 4. The number of nitrogens with one attached hydrogen (secondary N) is 1. The number of carboxylic acids is 1. The molecular formula is C13H16N2O3S. The van der Waals surface area contributed by atoms with E-state index >= 15 is 0 Å². The summed E-state index contributed by atoms with van der Waals surface area (Å²) in [5, 5.41) is 12.1. The van der Waals surface area contributed by atoms with Crippen molar-refractivity contribution in [3.8, 4) is 0 Å². The maximum Gasteiger partial charge on any atom is 0.327 e. The van der Waals surface area contributed by atoms with Crippen molar-refractivity contribution in [1.82, 2.24) is 4.90 Å². The van der Waals surface area contributed by atoms with Crippen LogP contribution in [0.3, 0.4) is 0 Å². The molecule has 102 valence electrons. The van der Waals surface area contributed by atoms with Gasteiger partial charge in [0, 0.05) is 23.7 Å². The molecule has 0 spiro atoms. The molecule has 0 bridgehead atoms. The van der Waals surface area contributed by atoms with Gasteiger partial charge in [-0.1, -0.05) is 18.2 Å². The van der Waals surface area contributed by atoms with Crippen molar-refractivity contribution >= 4 is 29.3 Å². The summed E-state index contributed by atoms with van der Waals surface area (Å²) in [6.07, 6.45) is 0. The fourth-order valence-electron chi connectivity index (χ4n) is 1.94. The van der Waals surface area contributed by atoms with Gasteiger partial charge in [0.15, 0.2) is 0 Å². The number of amides is 1. The van der Waals surface area contributed by atoms with Crippen molar-refractivity contribution in [2.24, 2.45) is 0 Å². The molecule has 1 heterocycles. The van der Waals surface area contributed by atoms with Gasteiger partial charge in [0.2, 0.25) is 5.91 Å². The standard InChI is InChI=1S/C13H16N2O3S/c16-12(8-14-10-4-2-1-3-5-10)15-6-7-19-9-11(15)13(17)18/h1-5,11,14H,6-9H2,(H,17,18). The zero-order valence-corrected chi connectivity index (χ0v) is 11.2. The lowest BCUT2D eigenvalue weighted by Gasteiger charge is -2.32. The Morgan fingerprint density at radius 1 is 1.37 bits per heavy atom. The summed E-state index contributed by atoms with van der Waals surface area (Å²) in [6.45, 7) is 0.620. The summed E-state index contributed by atoms with van der Waals surface area (Å²) in [4.78, 5) is 24.6. The van der Waals surface area contributed by atoms with E-state index in [1.807, 2.05) is 30.3 Å². The van der Waals surface area contributed by atoms with Crippen LogP contribution in [0, 0.1) is 0 Å². The van der Waals surface area contributed by atoms with Crippen molar-refractivity contribution < 1.29 is 14.7 Å². The normalized spacial score (nSPS) is 18.9. The number of carboxylic acid groups (broad SMARTS) is 1. The zero-order chi connectivity index (χ0) is 13.7. The minimum atomic E-state index is -0.930. The van der Waals surface area contributed by atoms with Crippen LogP contribution < -0.4 is 5.32 Å². The molecular weight excluding hydrogens is 264 g/mol. The fourth-order valence-corrected chi connectivity index (χ4v) is 2.98. The molecule has 1 aromatic carbocycles. The lowest BCUT2D eigenvalue weighted by molar-refractivity contribution is -0.148. The van der Waals surface area contributed by atoms with E-state index in [4.69, 9.17) is 5.11 Å². The molecule has 5 nitrogen and oxygen atoms in total. The Morgan fingerprint density at radius 3 is 2.79 bits per heavy atom. The smallest absolute Gasteiger partial charge is 0.327 e. The average Bonchev–Trinajstić information content (AvgIpc) is 2.46. The first-order chi connectivity index (χ1) is 9.18. The van der Waals surface area contributed by atoms with E-state index < -0.39 is 12.0 Å². The number of para-hydroxylation sites is 1. The summed E-state index contributed by atoms with van der Waals surface area (Å²) < 4.78 is 0. The van der Waals surface area contributed by atoms with Gasteiger partial charge >= 0.3 is 5.97 Å². The van der Waals surface area contributed by atoms with Crippen molar-refractivity contribution in [1.29, 1.82) is 0 Å². The average molecular weight is 280 g/mol. The molecule has 1 atom stereocenters. The number of carbonyl (C=O) groups excluding carboxylic acids is 1. The lowest BCUT2D eigenvalue weighted by Crippen LogP contribution is -2.51. The van der Waals surface area contributed by atoms with E-state index in [2.05, 4.69) is 5.32 Å². The fraction of sp³-hybridized carbons (Fsp3) is 0.385. The van der Waals surface area contributed by atoms with Crippen LogP contribution in [0.15, 0.2) is 30.3 Å². The van der Waals surface area contributed by atoms with Crippen molar-refractivity contribution in [2.45, 2.75) is 6.04 Å². The second-order valence-corrected chi connectivity index (χ2v) is 5.39. The molecule has 0 aromatic heterocycles. The Bertz CT molecular complexity index is 452. The third kappa shape index (κ3) is 3.64. The van der Waals surface area contributed by atoms with E-state index in [0.29, 0.717) is 12.3 Å². The Labute approximate surface area is 116 Å². The molecule has 0 saturated carbocycles. The first-order valence-electron chi connectivity index (χ1n) is 6.07. The predicted octanol–water partition coefficient (Wildman–Crippen LogP) is 1.13. The number of thioether (sulfide) groups is 1. The molecule has 6 heteroatoms. The van der Waals surface area contributed by atoms with E-state index in [1.54, 1.807) is 11.8 Å². The zero-order valence-electron chi connectivity index (χ0n) is 10.4. The van der Waals surface area contributed by atoms with Crippen LogP contribution in [0.2, 0.25) is 0 Å². The van der Waals surface area contributed by atoms with Crippen molar-refractivity contribution in [3.05, 3.63) is 30.3 Å². The van der Waals surface area contributed by atoms with E-state index in [1.165, 1.54) is 4.90 Å². The number of nitrogens with zero attached hydrogens (tertiary/aromatic N) is 1. The Hall–Kier alpha value is -1.69. The third-order valence-electron chi connectivity index (χ3n) is 2.95. The van der Waals surface area contributed by atoms with Crippen LogP contribution >= 0.6 is 11.8 Å². The van der Waals surface area contributed by atoms with Crippen LogP contribution in [0.4, 0.5) is 5.69 Å². The third-order valence-corrected chi connectivity index (χ3v) is 3.97. The molecule has 2 rings (SSSR count). The maximum atomic E-state index is 12.1. The van der Waals surface area contributed by atoms with Crippen LogP contribution in [-0.4, -0.2) is 52.5 Å². The highest BCUT2D eigenvalue weighted by atomic mass is 32.2. The minimum absolute atomic E-state index is 0.123. The molecule has 1 amide bonds. The van der Waals surface area contributed by atoms with E-state index in [-0.39, 0.29) is 12.5 Å². The van der Waals surface area contributed by atoms with Gasteiger partial charge in [-0.3, -0.25) is 4.79 Å². The summed E-state index contributed by atoms with van der Waals surface area (Å²) in [7, 11) is 0. The molecule has 2 N–H and O–H groups in total. The van der Waals surface area contributed by atoms with Gasteiger partial charge in [-0.15, -0.1) is 0 Å². The molecule has 1 aliphatic rings. The number of benzene rings is 1. The van der Waals surface area contributed by atoms with Crippen LogP contribution in [0.1, 0.15) is 0 Å². The molecule has 1 unspecified atom stereocenters. The molecule has 1 aromatic rings. The Balaban J connectivity index is 1.93. The van der Waals surface area contributed by atoms with E-state index in [9.17, 15) is 9.59 Å². The number of carbonyl (C=O) groups is 2. The Morgan fingerprint density at radius 2 is 2.11 bits per heavy atom. The Kier molecular flexibility index (Phi) is 4.68. The topological polar surface area (TPSA) is 69.6 Å². The number of hydrogen-bond donors (Lipinski definition) is 2. The molecule has 19 heavy (non-hydrogen) atoms. The number of anilines is 1. The second kappa shape index (κ2) is 6.47. The van der Waals surface area contributed by atoms with Gasteiger partial charge in [-0.2, -0.15) is 11.8 Å². The molecule has 1 aliphatic heterocycles. The van der Waals surface area contributed by atoms with Gasteiger partial charge in [-0.05, 0) is 12.1 Å². The van der Waals surface area contributed by atoms with Crippen molar-refractivity contribution in [2.75, 3.05) is 29.9 Å². The monoisotopic (exact) mass is 280 g/mol. The van der Waals surface area contributed by atoms with Crippen LogP contribution in [-0.2, 0) is 9.59 Å². The highest BCUT2D eigenvalue weighted by Crippen LogP contribution is 2.17. The molecule has 0 radical (unpaired) electrons. The number of hydrogen-bond acceptors (Lipinski definition) is 4. The quantitative estimate of drug-likeness (QED) is 0.865. The summed E-state index contributed by atoms with van der Waals surface area (Å²) in [5.41, 5.74) is 0.856. The molecule has 0 aliphatic carbocycles. The largest absolute Gasteiger partial charge is 0.480 e. The van der Waals surface area contributed by atoms with Gasteiger partial charge in [0.05, 0.1) is 6.54 Å². The SMILES string of the molecule is O=C(O)C1CSCCN1C(=O)CNc1ccccc1. The second-order valence-electron chi connectivity index (χ2n) is 4.24. The van der Waals surface area contributed by atoms with Crippen molar-refractivity contribution in [3.63, 3.8) is 0 Å². The maximum absolute atomic E-state index is 12.1. The van der Waals surface area contributed by atoms with Crippen LogP contribution in [0.25, 0.3) is 0 Å². The molecule has 1 fully saturated rings.